The van der Waals surface area contributed by atoms with E-state index in [4.69, 9.17) is 4.74 Å². The fourth-order valence-corrected chi connectivity index (χ4v) is 3.67. The summed E-state index contributed by atoms with van der Waals surface area (Å²) in [7, 11) is 0. The first-order valence-corrected chi connectivity index (χ1v) is 8.68. The van der Waals surface area contributed by atoms with Crippen LogP contribution in [0.2, 0.25) is 0 Å². The third kappa shape index (κ3) is 2.98. The van der Waals surface area contributed by atoms with Crippen LogP contribution in [0.15, 0.2) is 6.07 Å². The molecular weight excluding hydrogens is 346 g/mol. The molecule has 2 aromatic heterocycles. The van der Waals surface area contributed by atoms with Crippen molar-refractivity contribution in [2.24, 2.45) is 0 Å². The molecule has 26 heavy (non-hydrogen) atoms. The van der Waals surface area contributed by atoms with Crippen LogP contribution in [0.4, 0.5) is 8.78 Å². The maximum Gasteiger partial charge on any atom is 0.279 e. The zero-order chi connectivity index (χ0) is 18.3. The smallest absolute Gasteiger partial charge is 0.279 e. The number of H-pyrrole nitrogens is 1. The average Bonchev–Trinajstić information content (AvgIpc) is 3.29. The largest absolute Gasteiger partial charge is 0.381 e. The molecule has 4 rings (SSSR count). The van der Waals surface area contributed by atoms with E-state index in [-0.39, 0.29) is 29.9 Å². The predicted molar refractivity (Wildman–Crippen MR) is 85.8 cm³/mol. The molecule has 0 aliphatic carbocycles. The van der Waals surface area contributed by atoms with Gasteiger partial charge in [0.25, 0.3) is 12.3 Å². The van der Waals surface area contributed by atoms with Crippen molar-refractivity contribution in [3.8, 4) is 0 Å². The maximum atomic E-state index is 12.7. The SMILES string of the molecule is C[C@H]1CN(C(=O)c2cc(C(F)F)[nH]n2)Cc2nnc(C3CCOCC3)n21. The Morgan fingerprint density at radius 1 is 1.35 bits per heavy atom. The van der Waals surface area contributed by atoms with Crippen molar-refractivity contribution < 1.29 is 18.3 Å². The molecule has 1 atom stereocenters. The Bertz CT molecular complexity index is 799. The van der Waals surface area contributed by atoms with Gasteiger partial charge in [-0.3, -0.25) is 9.89 Å². The summed E-state index contributed by atoms with van der Waals surface area (Å²) in [6, 6.07) is 1.11. The molecule has 2 aliphatic heterocycles. The number of carbonyl (C=O) groups is 1. The van der Waals surface area contributed by atoms with E-state index < -0.39 is 6.43 Å². The van der Waals surface area contributed by atoms with E-state index in [1.807, 2.05) is 6.92 Å². The molecular formula is C16H20F2N6O2. The third-order valence-electron chi connectivity index (χ3n) is 4.98. The number of ether oxygens (including phenoxy) is 1. The molecule has 0 bridgehead atoms. The van der Waals surface area contributed by atoms with E-state index in [9.17, 15) is 13.6 Å². The minimum absolute atomic E-state index is 0.00376. The highest BCUT2D eigenvalue weighted by Crippen LogP contribution is 2.31. The van der Waals surface area contributed by atoms with Crippen molar-refractivity contribution in [1.82, 2.24) is 29.9 Å². The summed E-state index contributed by atoms with van der Waals surface area (Å²) in [6.07, 6.45) is -0.858. The number of hydrogen-bond donors (Lipinski definition) is 1. The Hall–Kier alpha value is -2.36. The Labute approximate surface area is 148 Å². The molecule has 8 nitrogen and oxygen atoms in total. The topological polar surface area (TPSA) is 88.9 Å². The normalized spacial score (nSPS) is 21.2. The van der Waals surface area contributed by atoms with Crippen molar-refractivity contribution in [1.29, 1.82) is 0 Å². The van der Waals surface area contributed by atoms with Crippen LogP contribution in [0.25, 0.3) is 0 Å². The van der Waals surface area contributed by atoms with Crippen LogP contribution < -0.4 is 0 Å². The number of nitrogens with zero attached hydrogens (tertiary/aromatic N) is 5. The lowest BCUT2D eigenvalue weighted by molar-refractivity contribution is 0.0663. The van der Waals surface area contributed by atoms with Gasteiger partial charge in [-0.05, 0) is 25.8 Å². The summed E-state index contributed by atoms with van der Waals surface area (Å²) < 4.78 is 32.9. The first kappa shape index (κ1) is 17.1. The van der Waals surface area contributed by atoms with Crippen LogP contribution in [0.3, 0.4) is 0 Å². The highest BCUT2D eigenvalue weighted by Gasteiger charge is 2.33. The number of rotatable bonds is 3. The first-order chi connectivity index (χ1) is 12.5. The van der Waals surface area contributed by atoms with E-state index in [2.05, 4.69) is 25.0 Å². The quantitative estimate of drug-likeness (QED) is 0.898. The van der Waals surface area contributed by atoms with Crippen LogP contribution in [0, 0.1) is 0 Å². The van der Waals surface area contributed by atoms with Gasteiger partial charge in [0.05, 0.1) is 12.6 Å². The van der Waals surface area contributed by atoms with Gasteiger partial charge in [-0.2, -0.15) is 5.10 Å². The van der Waals surface area contributed by atoms with Gasteiger partial charge in [0.15, 0.2) is 11.5 Å². The fourth-order valence-electron chi connectivity index (χ4n) is 3.67. The van der Waals surface area contributed by atoms with E-state index in [1.54, 1.807) is 4.90 Å². The Morgan fingerprint density at radius 3 is 2.81 bits per heavy atom. The highest BCUT2D eigenvalue weighted by atomic mass is 19.3. The van der Waals surface area contributed by atoms with Gasteiger partial charge >= 0.3 is 0 Å². The molecule has 0 saturated carbocycles. The monoisotopic (exact) mass is 366 g/mol. The molecule has 1 N–H and O–H groups in total. The molecule has 0 aromatic carbocycles. The number of hydrogen-bond acceptors (Lipinski definition) is 5. The zero-order valence-corrected chi connectivity index (χ0v) is 14.4. The van der Waals surface area contributed by atoms with Crippen molar-refractivity contribution in [3.63, 3.8) is 0 Å². The average molecular weight is 366 g/mol. The summed E-state index contributed by atoms with van der Waals surface area (Å²) in [5.41, 5.74) is -0.367. The number of halogens is 2. The van der Waals surface area contributed by atoms with E-state index >= 15 is 0 Å². The van der Waals surface area contributed by atoms with Crippen molar-refractivity contribution >= 4 is 5.91 Å². The van der Waals surface area contributed by atoms with E-state index in [0.717, 1.165) is 37.9 Å². The number of fused-ring (bicyclic) bond motifs is 1. The first-order valence-electron chi connectivity index (χ1n) is 8.68. The lowest BCUT2D eigenvalue weighted by atomic mass is 9.99. The number of aromatic amines is 1. The molecule has 0 spiro atoms. The summed E-state index contributed by atoms with van der Waals surface area (Å²) in [4.78, 5) is 14.2. The predicted octanol–water partition coefficient (Wildman–Crippen LogP) is 2.05. The van der Waals surface area contributed by atoms with Crippen molar-refractivity contribution in [3.05, 3.63) is 29.1 Å². The zero-order valence-electron chi connectivity index (χ0n) is 14.4. The van der Waals surface area contributed by atoms with Gasteiger partial charge in [0.2, 0.25) is 0 Å². The number of carbonyl (C=O) groups excluding carboxylic acids is 1. The molecule has 2 aromatic rings. The molecule has 1 fully saturated rings. The molecule has 140 valence electrons. The second kappa shape index (κ2) is 6.75. The third-order valence-corrected chi connectivity index (χ3v) is 4.98. The molecule has 0 radical (unpaired) electrons. The standard InChI is InChI=1S/C16H20F2N6O2/c1-9-7-23(16(25)12-6-11(14(17)18)19-20-12)8-13-21-22-15(24(9)13)10-2-4-26-5-3-10/h6,9-10,14H,2-5,7-8H2,1H3,(H,19,20)/t9-/m0/s1. The Morgan fingerprint density at radius 2 is 2.12 bits per heavy atom. The van der Waals surface area contributed by atoms with Crippen molar-refractivity contribution in [2.45, 2.75) is 44.7 Å². The van der Waals surface area contributed by atoms with Gasteiger partial charge in [-0.25, -0.2) is 8.78 Å². The van der Waals surface area contributed by atoms with Gasteiger partial charge in [-0.15, -0.1) is 10.2 Å². The van der Waals surface area contributed by atoms with Crippen LogP contribution in [0.1, 0.15) is 66.0 Å². The second-order valence-electron chi connectivity index (χ2n) is 6.77. The molecule has 4 heterocycles. The minimum atomic E-state index is -2.69. The van der Waals surface area contributed by atoms with Crippen molar-refractivity contribution in [2.75, 3.05) is 19.8 Å². The molecule has 1 saturated heterocycles. The summed E-state index contributed by atoms with van der Waals surface area (Å²) in [5, 5.41) is 14.6. The second-order valence-corrected chi connectivity index (χ2v) is 6.77. The number of nitrogens with one attached hydrogen (secondary N) is 1. The van der Waals surface area contributed by atoms with Gasteiger partial charge in [-0.1, -0.05) is 0 Å². The van der Waals surface area contributed by atoms with E-state index in [0.29, 0.717) is 18.3 Å². The molecule has 1 amide bonds. The number of aromatic nitrogens is 5. The van der Waals surface area contributed by atoms with Crippen LogP contribution >= 0.6 is 0 Å². The minimum Gasteiger partial charge on any atom is -0.381 e. The van der Waals surface area contributed by atoms with Gasteiger partial charge in [0.1, 0.15) is 11.5 Å². The maximum absolute atomic E-state index is 12.7. The van der Waals surface area contributed by atoms with Gasteiger partial charge < -0.3 is 14.2 Å². The van der Waals surface area contributed by atoms with Gasteiger partial charge in [0, 0.05) is 25.7 Å². The Balaban J connectivity index is 1.54. The highest BCUT2D eigenvalue weighted by molar-refractivity contribution is 5.92. The summed E-state index contributed by atoms with van der Waals surface area (Å²) in [5.74, 6) is 1.59. The lowest BCUT2D eigenvalue weighted by Gasteiger charge is -2.33. The van der Waals surface area contributed by atoms with E-state index in [1.165, 1.54) is 0 Å². The molecule has 0 unspecified atom stereocenters. The Kier molecular flexibility index (Phi) is 4.43. The fraction of sp³-hybridized carbons (Fsp3) is 0.625. The summed E-state index contributed by atoms with van der Waals surface area (Å²) >= 11 is 0. The molecule has 10 heteroatoms. The van der Waals surface area contributed by atoms with Crippen LogP contribution in [-0.2, 0) is 11.3 Å². The number of amides is 1. The summed E-state index contributed by atoms with van der Waals surface area (Å²) in [6.45, 7) is 4.19. The van der Waals surface area contributed by atoms with Crippen LogP contribution in [-0.4, -0.2) is 55.5 Å². The molecule has 2 aliphatic rings. The lowest BCUT2D eigenvalue weighted by Crippen LogP contribution is -2.41. The van der Waals surface area contributed by atoms with Crippen LogP contribution in [0.5, 0.6) is 0 Å². The number of alkyl halides is 2.